The molecule has 0 spiro atoms. The number of aliphatic hydroxyl groups is 2. The number of nitrogens with two attached hydrogens (primary N) is 2. The maximum atomic E-state index is 14.2. The van der Waals surface area contributed by atoms with Gasteiger partial charge in [-0.05, 0) is 38.2 Å². The van der Waals surface area contributed by atoms with Gasteiger partial charge in [0.25, 0.3) is 0 Å². The lowest BCUT2D eigenvalue weighted by molar-refractivity contribution is -0.953. The maximum Gasteiger partial charge on any atom is 0.472 e. The van der Waals surface area contributed by atoms with E-state index in [0.29, 0.717) is 19.4 Å². The van der Waals surface area contributed by atoms with Gasteiger partial charge in [0.2, 0.25) is 0 Å². The highest BCUT2D eigenvalue weighted by molar-refractivity contribution is 7.47. The van der Waals surface area contributed by atoms with Crippen molar-refractivity contribution in [3.8, 4) is 0 Å². The Labute approximate surface area is 350 Å². The van der Waals surface area contributed by atoms with Crippen LogP contribution in [0.4, 0.5) is 11.6 Å². The van der Waals surface area contributed by atoms with E-state index in [1.807, 2.05) is 0 Å². The fourth-order valence-corrected chi connectivity index (χ4v) is 9.83. The number of fused-ring (bicyclic) bond motifs is 1. The molecular formula is C39H65N9O11P+. The first-order valence-corrected chi connectivity index (χ1v) is 23.1. The number of anilines is 2. The number of unbranched alkanes of at least 4 members (excludes halogenated alkanes) is 3. The predicted octanol–water partition coefficient (Wildman–Crippen LogP) is 3.56. The van der Waals surface area contributed by atoms with E-state index in [1.165, 1.54) is 34.1 Å². The molecule has 336 valence electrons. The van der Waals surface area contributed by atoms with Crippen LogP contribution >= 0.6 is 7.82 Å². The third-order valence-corrected chi connectivity index (χ3v) is 13.0. The van der Waals surface area contributed by atoms with Crippen molar-refractivity contribution in [3.63, 3.8) is 0 Å². The number of ether oxygens (including phenoxy) is 4. The highest BCUT2D eigenvalue weighted by Gasteiger charge is 2.54. The number of aliphatic hydroxyl groups excluding tert-OH is 2. The molecule has 20 nitrogen and oxygen atoms in total. The van der Waals surface area contributed by atoms with Crippen molar-refractivity contribution >= 4 is 30.6 Å². The Morgan fingerprint density at radius 2 is 1.63 bits per heavy atom. The van der Waals surface area contributed by atoms with E-state index in [-0.39, 0.29) is 28.8 Å². The second kappa shape index (κ2) is 20.8. The molecule has 0 amide bonds. The van der Waals surface area contributed by atoms with Crippen LogP contribution in [0, 0.1) is 0 Å². The average Bonchev–Trinajstić information content (AvgIpc) is 4.02. The van der Waals surface area contributed by atoms with Crippen LogP contribution in [0.25, 0.3) is 11.2 Å². The van der Waals surface area contributed by atoms with Crippen LogP contribution in [0.1, 0.15) is 111 Å². The first kappa shape index (κ1) is 46.4. The zero-order valence-electron chi connectivity index (χ0n) is 35.2. The fraction of sp³-hybridized carbons (Fsp3) is 0.769. The molecule has 3 aliphatic rings. The largest absolute Gasteiger partial charge is 0.472 e. The molecule has 3 unspecified atom stereocenters. The SMILES string of the molecule is CCCC[N+](CCCC)(CCCC)C(CCC)C[C@H]1O[C@@H](n2ccc(N)nc2=O)[C@H](OC2CCCO2)[C@@H]1OP(=O)(O)OC[C@H]1O[C@@H](n2cnc3c(N)ncnc32)[C@H](O)[C@@H]1O. The number of imidazole rings is 1. The number of nitrogens with zero attached hydrogens (tertiary/aromatic N) is 7. The summed E-state index contributed by atoms with van der Waals surface area (Å²) in [5, 5.41) is 22.1. The summed E-state index contributed by atoms with van der Waals surface area (Å²) in [6.45, 7) is 11.5. The lowest BCUT2D eigenvalue weighted by Crippen LogP contribution is -2.58. The normalized spacial score (nSPS) is 28.8. The number of nitrogen functional groups attached to an aromatic ring is 2. The third-order valence-electron chi connectivity index (χ3n) is 12.0. The summed E-state index contributed by atoms with van der Waals surface area (Å²) in [6, 6.07) is 1.56. The molecule has 60 heavy (non-hydrogen) atoms. The van der Waals surface area contributed by atoms with Gasteiger partial charge in [0, 0.05) is 25.6 Å². The summed E-state index contributed by atoms with van der Waals surface area (Å²) in [5.41, 5.74) is 11.7. The summed E-state index contributed by atoms with van der Waals surface area (Å²) >= 11 is 0. The van der Waals surface area contributed by atoms with Gasteiger partial charge in [0.05, 0.1) is 44.7 Å². The molecule has 0 radical (unpaired) electrons. The number of quaternary nitrogens is 1. The number of aromatic nitrogens is 6. The van der Waals surface area contributed by atoms with E-state index < -0.39 is 75.5 Å². The molecule has 6 heterocycles. The summed E-state index contributed by atoms with van der Waals surface area (Å²) in [7, 11) is -5.03. The van der Waals surface area contributed by atoms with Crippen LogP contribution in [0.3, 0.4) is 0 Å². The second-order valence-corrected chi connectivity index (χ2v) is 17.6. The minimum absolute atomic E-state index is 0.0265. The molecule has 3 aromatic heterocycles. The summed E-state index contributed by atoms with van der Waals surface area (Å²) < 4.78 is 54.6. The van der Waals surface area contributed by atoms with E-state index in [1.54, 1.807) is 0 Å². The van der Waals surface area contributed by atoms with Crippen molar-refractivity contribution < 1.29 is 52.1 Å². The third kappa shape index (κ3) is 10.5. The number of rotatable bonds is 23. The molecule has 11 atom stereocenters. The van der Waals surface area contributed by atoms with E-state index >= 15 is 0 Å². The van der Waals surface area contributed by atoms with Gasteiger partial charge in [-0.1, -0.05) is 53.4 Å². The number of hydrogen-bond donors (Lipinski definition) is 5. The summed E-state index contributed by atoms with van der Waals surface area (Å²) in [6.07, 6.45) is 3.29. The highest BCUT2D eigenvalue weighted by Crippen LogP contribution is 2.51. The van der Waals surface area contributed by atoms with Crippen molar-refractivity contribution in [2.45, 2.75) is 160 Å². The smallest absolute Gasteiger partial charge is 0.387 e. The Hall–Kier alpha value is -3.14. The molecule has 0 saturated carbocycles. The molecule has 0 aromatic carbocycles. The van der Waals surface area contributed by atoms with Crippen molar-refractivity contribution in [2.24, 2.45) is 0 Å². The van der Waals surface area contributed by atoms with Gasteiger partial charge in [-0.25, -0.2) is 24.3 Å². The molecule has 3 aromatic rings. The van der Waals surface area contributed by atoms with Gasteiger partial charge < -0.3 is 50.0 Å². The Morgan fingerprint density at radius 1 is 0.933 bits per heavy atom. The second-order valence-electron chi connectivity index (χ2n) is 16.2. The topological polar surface area (TPSA) is 264 Å². The van der Waals surface area contributed by atoms with Gasteiger partial charge in [0.15, 0.2) is 30.2 Å². The minimum Gasteiger partial charge on any atom is -0.387 e. The van der Waals surface area contributed by atoms with Crippen molar-refractivity contribution in [3.05, 3.63) is 35.4 Å². The number of phosphoric acid groups is 1. The Kier molecular flexibility index (Phi) is 16.1. The lowest BCUT2D eigenvalue weighted by atomic mass is 9.94. The lowest BCUT2D eigenvalue weighted by Gasteiger charge is -2.47. The molecule has 3 saturated heterocycles. The van der Waals surface area contributed by atoms with Crippen LogP contribution in [0.5, 0.6) is 0 Å². The monoisotopic (exact) mass is 866 g/mol. The first-order valence-electron chi connectivity index (χ1n) is 21.6. The highest BCUT2D eigenvalue weighted by atomic mass is 31.2. The number of phosphoric ester groups is 1. The average molecular weight is 867 g/mol. The number of hydrogen-bond acceptors (Lipinski definition) is 16. The van der Waals surface area contributed by atoms with Gasteiger partial charge in [-0.2, -0.15) is 4.98 Å². The Morgan fingerprint density at radius 3 is 2.27 bits per heavy atom. The zero-order chi connectivity index (χ0) is 43.0. The quantitative estimate of drug-likeness (QED) is 0.0674. The van der Waals surface area contributed by atoms with Crippen LogP contribution in [0.2, 0.25) is 0 Å². The van der Waals surface area contributed by atoms with Crippen LogP contribution in [0.15, 0.2) is 29.7 Å². The van der Waals surface area contributed by atoms with Gasteiger partial charge in [0.1, 0.15) is 48.2 Å². The standard InChI is InChI=1S/C39H64N9O11P/c1-5-9-17-48(18-10-6-2,19-11-7-3)25(13-8-4)21-26-33(34(58-29-14-12-20-54-29)38(56-26)46-16-15-28(40)45-39(46)51)59-60(52,53)55-22-27-31(49)32(50)37(57-27)47-24-44-30-35(41)42-23-43-36(30)47/h15-16,23-27,29,31-34,37-38,49-50H,5-14,17-22H2,1-4H3,(H4-,40,41,42,43,45,51,52,53)/p+1/t25?,26-,27-,29?,31-,32-,33-,34-,37-,38-/m1/s1. The van der Waals surface area contributed by atoms with Crippen LogP contribution < -0.4 is 17.2 Å². The van der Waals surface area contributed by atoms with E-state index in [2.05, 4.69) is 47.6 Å². The summed E-state index contributed by atoms with van der Waals surface area (Å²) in [5.74, 6) is 0.146. The van der Waals surface area contributed by atoms with Gasteiger partial charge in [-0.15, -0.1) is 0 Å². The summed E-state index contributed by atoms with van der Waals surface area (Å²) in [4.78, 5) is 41.2. The molecule has 3 aliphatic heterocycles. The van der Waals surface area contributed by atoms with Gasteiger partial charge >= 0.3 is 13.5 Å². The Balaban J connectivity index is 1.31. The van der Waals surface area contributed by atoms with Crippen molar-refractivity contribution in [1.82, 2.24) is 29.1 Å². The van der Waals surface area contributed by atoms with E-state index in [0.717, 1.165) is 81.9 Å². The molecule has 7 N–H and O–H groups in total. The first-order chi connectivity index (χ1) is 28.8. The molecular weight excluding hydrogens is 801 g/mol. The molecule has 3 fully saturated rings. The minimum atomic E-state index is -5.03. The van der Waals surface area contributed by atoms with E-state index in [9.17, 15) is 24.5 Å². The maximum absolute atomic E-state index is 14.2. The van der Waals surface area contributed by atoms with Crippen LogP contribution in [-0.4, -0.2) is 130 Å². The molecule has 0 aliphatic carbocycles. The fourth-order valence-electron chi connectivity index (χ4n) is 8.87. The Bertz CT molecular complexity index is 1910. The molecule has 0 bridgehead atoms. The van der Waals surface area contributed by atoms with Crippen LogP contribution in [-0.2, 0) is 32.6 Å². The molecule has 21 heteroatoms. The van der Waals surface area contributed by atoms with Crippen molar-refractivity contribution in [2.75, 3.05) is 44.3 Å². The molecule has 6 rings (SSSR count). The predicted molar refractivity (Wildman–Crippen MR) is 220 cm³/mol. The van der Waals surface area contributed by atoms with E-state index in [4.69, 9.17) is 39.5 Å². The zero-order valence-corrected chi connectivity index (χ0v) is 36.1. The van der Waals surface area contributed by atoms with Gasteiger partial charge in [-0.3, -0.25) is 18.2 Å². The van der Waals surface area contributed by atoms with Crippen molar-refractivity contribution in [1.29, 1.82) is 0 Å².